The van der Waals surface area contributed by atoms with E-state index in [9.17, 15) is 13.2 Å². The van der Waals surface area contributed by atoms with Crippen molar-refractivity contribution in [2.45, 2.75) is 23.8 Å². The summed E-state index contributed by atoms with van der Waals surface area (Å²) in [6, 6.07) is 12.0. The summed E-state index contributed by atoms with van der Waals surface area (Å²) in [7, 11) is -3.49. The summed E-state index contributed by atoms with van der Waals surface area (Å²) in [5.41, 5.74) is 0.506. The predicted octanol–water partition coefficient (Wildman–Crippen LogP) is 1.48. The smallest absolute Gasteiger partial charge is 0.253 e. The molecule has 0 spiro atoms. The minimum Gasteiger partial charge on any atom is -0.353 e. The van der Waals surface area contributed by atoms with Gasteiger partial charge in [0.25, 0.3) is 5.91 Å². The fraction of sp³-hybridized carbons (Fsp3) is 0.368. The van der Waals surface area contributed by atoms with Crippen LogP contribution in [-0.4, -0.2) is 56.4 Å². The first-order valence-corrected chi connectivity index (χ1v) is 10.6. The molecule has 2 fully saturated rings. The van der Waals surface area contributed by atoms with Gasteiger partial charge in [-0.3, -0.25) is 4.79 Å². The minimum absolute atomic E-state index is 0.0618. The molecule has 1 aliphatic heterocycles. The summed E-state index contributed by atoms with van der Waals surface area (Å²) in [6.45, 7) is 2.67. The number of pyridine rings is 1. The SMILES string of the molecule is O=C(c1ccc(S(=O)(=O)NC2CC2)cc1)N1CCN(c2ccccn2)CC1. The number of hydrogen-bond acceptors (Lipinski definition) is 5. The molecule has 0 atom stereocenters. The molecule has 8 heteroatoms. The third-order valence-corrected chi connectivity index (χ3v) is 6.39. The Bertz CT molecular complexity index is 904. The Hall–Kier alpha value is -2.45. The highest BCUT2D eigenvalue weighted by molar-refractivity contribution is 7.89. The van der Waals surface area contributed by atoms with Crippen LogP contribution < -0.4 is 9.62 Å². The molecule has 0 radical (unpaired) electrons. The Morgan fingerprint density at radius 3 is 2.30 bits per heavy atom. The number of sulfonamides is 1. The topological polar surface area (TPSA) is 82.6 Å². The van der Waals surface area contributed by atoms with Gasteiger partial charge in [0.15, 0.2) is 0 Å². The molecule has 1 aromatic heterocycles. The first-order valence-electron chi connectivity index (χ1n) is 9.10. The highest BCUT2D eigenvalue weighted by Gasteiger charge is 2.28. The molecule has 1 amide bonds. The van der Waals surface area contributed by atoms with Crippen LogP contribution in [0.25, 0.3) is 0 Å². The van der Waals surface area contributed by atoms with Gasteiger partial charge < -0.3 is 9.80 Å². The Balaban J connectivity index is 1.38. The van der Waals surface area contributed by atoms with E-state index in [1.807, 2.05) is 18.2 Å². The number of anilines is 1. The van der Waals surface area contributed by atoms with Crippen LogP contribution in [0, 0.1) is 0 Å². The van der Waals surface area contributed by atoms with Crippen molar-refractivity contribution in [1.82, 2.24) is 14.6 Å². The van der Waals surface area contributed by atoms with Crippen molar-refractivity contribution in [3.05, 3.63) is 54.2 Å². The van der Waals surface area contributed by atoms with Crippen LogP contribution in [0.5, 0.6) is 0 Å². The zero-order valence-corrected chi connectivity index (χ0v) is 15.7. The molecule has 0 unspecified atom stereocenters. The van der Waals surface area contributed by atoms with Crippen molar-refractivity contribution in [1.29, 1.82) is 0 Å². The van der Waals surface area contributed by atoms with Gasteiger partial charge in [-0.05, 0) is 49.2 Å². The van der Waals surface area contributed by atoms with Gasteiger partial charge in [-0.25, -0.2) is 18.1 Å². The minimum atomic E-state index is -3.49. The second-order valence-electron chi connectivity index (χ2n) is 6.89. The van der Waals surface area contributed by atoms with Crippen LogP contribution in [0.15, 0.2) is 53.6 Å². The number of hydrogen-bond donors (Lipinski definition) is 1. The number of aromatic nitrogens is 1. The van der Waals surface area contributed by atoms with Crippen LogP contribution in [-0.2, 0) is 10.0 Å². The van der Waals surface area contributed by atoms with E-state index in [-0.39, 0.29) is 16.8 Å². The number of amides is 1. The number of nitrogens with zero attached hydrogens (tertiary/aromatic N) is 3. The summed E-state index contributed by atoms with van der Waals surface area (Å²) < 4.78 is 27.1. The van der Waals surface area contributed by atoms with Crippen molar-refractivity contribution in [2.75, 3.05) is 31.1 Å². The van der Waals surface area contributed by atoms with E-state index in [2.05, 4.69) is 14.6 Å². The van der Waals surface area contributed by atoms with Gasteiger partial charge in [0.05, 0.1) is 4.90 Å². The summed E-state index contributed by atoms with van der Waals surface area (Å²) >= 11 is 0. The molecule has 1 aliphatic carbocycles. The lowest BCUT2D eigenvalue weighted by molar-refractivity contribution is 0.0746. The zero-order chi connectivity index (χ0) is 18.9. The van der Waals surface area contributed by atoms with E-state index in [1.54, 1.807) is 23.2 Å². The molecule has 1 aromatic carbocycles. The average Bonchev–Trinajstić information content (AvgIpc) is 3.52. The van der Waals surface area contributed by atoms with Crippen molar-refractivity contribution in [3.8, 4) is 0 Å². The van der Waals surface area contributed by atoms with Crippen molar-refractivity contribution < 1.29 is 13.2 Å². The van der Waals surface area contributed by atoms with E-state index < -0.39 is 10.0 Å². The molecule has 1 N–H and O–H groups in total. The van der Waals surface area contributed by atoms with Crippen LogP contribution in [0.3, 0.4) is 0 Å². The normalized spacial score (nSPS) is 17.8. The van der Waals surface area contributed by atoms with Gasteiger partial charge in [0.1, 0.15) is 5.82 Å². The number of carbonyl (C=O) groups is 1. The largest absolute Gasteiger partial charge is 0.353 e. The van der Waals surface area contributed by atoms with Gasteiger partial charge in [0.2, 0.25) is 10.0 Å². The molecule has 4 rings (SSSR count). The second-order valence-corrected chi connectivity index (χ2v) is 8.60. The fourth-order valence-electron chi connectivity index (χ4n) is 3.13. The summed E-state index contributed by atoms with van der Waals surface area (Å²) in [4.78, 5) is 21.2. The Labute approximate surface area is 159 Å². The van der Waals surface area contributed by atoms with Crippen molar-refractivity contribution >= 4 is 21.7 Å². The molecule has 2 aromatic rings. The first-order chi connectivity index (χ1) is 13.0. The number of rotatable bonds is 5. The van der Waals surface area contributed by atoms with Crippen LogP contribution in [0.2, 0.25) is 0 Å². The molecule has 2 heterocycles. The summed E-state index contributed by atoms with van der Waals surface area (Å²) in [6.07, 6.45) is 3.54. The fourth-order valence-corrected chi connectivity index (χ4v) is 4.43. The van der Waals surface area contributed by atoms with E-state index >= 15 is 0 Å². The molecule has 27 heavy (non-hydrogen) atoms. The Morgan fingerprint density at radius 2 is 1.70 bits per heavy atom. The lowest BCUT2D eigenvalue weighted by atomic mass is 10.2. The highest BCUT2D eigenvalue weighted by Crippen LogP contribution is 2.22. The molecule has 1 saturated carbocycles. The molecule has 142 valence electrons. The van der Waals surface area contributed by atoms with E-state index in [0.29, 0.717) is 18.7 Å². The number of benzene rings is 1. The molecular formula is C19H22N4O3S. The van der Waals surface area contributed by atoms with Crippen LogP contribution in [0.1, 0.15) is 23.2 Å². The molecule has 7 nitrogen and oxygen atoms in total. The van der Waals surface area contributed by atoms with Gasteiger partial charge in [0, 0.05) is 44.0 Å². The first kappa shape index (κ1) is 17.9. The standard InChI is InChI=1S/C19H22N4O3S/c24-19(23-13-11-22(12-14-23)18-3-1-2-10-20-18)15-4-8-17(9-5-15)27(25,26)21-16-6-7-16/h1-5,8-10,16,21H,6-7,11-14H2. The molecule has 0 bridgehead atoms. The summed E-state index contributed by atoms with van der Waals surface area (Å²) in [5, 5.41) is 0. The Morgan fingerprint density at radius 1 is 1.00 bits per heavy atom. The lowest BCUT2D eigenvalue weighted by Gasteiger charge is -2.35. The van der Waals surface area contributed by atoms with Gasteiger partial charge in [-0.2, -0.15) is 0 Å². The highest BCUT2D eigenvalue weighted by atomic mass is 32.2. The van der Waals surface area contributed by atoms with E-state index in [4.69, 9.17) is 0 Å². The third-order valence-electron chi connectivity index (χ3n) is 4.85. The molecular weight excluding hydrogens is 364 g/mol. The lowest BCUT2D eigenvalue weighted by Crippen LogP contribution is -2.49. The maximum atomic E-state index is 12.7. The third kappa shape index (κ3) is 4.12. The zero-order valence-electron chi connectivity index (χ0n) is 14.9. The maximum absolute atomic E-state index is 12.7. The van der Waals surface area contributed by atoms with E-state index in [0.717, 1.165) is 31.7 Å². The summed E-state index contributed by atoms with van der Waals surface area (Å²) in [5.74, 6) is 0.845. The van der Waals surface area contributed by atoms with Crippen LogP contribution >= 0.6 is 0 Å². The van der Waals surface area contributed by atoms with Crippen molar-refractivity contribution in [3.63, 3.8) is 0 Å². The number of piperazine rings is 1. The van der Waals surface area contributed by atoms with Gasteiger partial charge in [-0.15, -0.1) is 0 Å². The average molecular weight is 386 g/mol. The predicted molar refractivity (Wildman–Crippen MR) is 102 cm³/mol. The van der Waals surface area contributed by atoms with Crippen LogP contribution in [0.4, 0.5) is 5.82 Å². The number of nitrogens with one attached hydrogen (secondary N) is 1. The van der Waals surface area contributed by atoms with E-state index in [1.165, 1.54) is 12.1 Å². The van der Waals surface area contributed by atoms with Gasteiger partial charge in [-0.1, -0.05) is 6.07 Å². The quantitative estimate of drug-likeness (QED) is 0.842. The number of carbonyl (C=O) groups excluding carboxylic acids is 1. The molecule has 2 aliphatic rings. The van der Waals surface area contributed by atoms with Crippen molar-refractivity contribution in [2.24, 2.45) is 0 Å². The second kappa shape index (κ2) is 7.28. The monoisotopic (exact) mass is 386 g/mol. The van der Waals surface area contributed by atoms with Gasteiger partial charge >= 0.3 is 0 Å². The maximum Gasteiger partial charge on any atom is 0.253 e. The molecule has 1 saturated heterocycles. The Kier molecular flexibility index (Phi) is 4.84.